The fourth-order valence-electron chi connectivity index (χ4n) is 3.11. The van der Waals surface area contributed by atoms with E-state index < -0.39 is 0 Å². The average molecular weight is 277 g/mol. The van der Waals surface area contributed by atoms with E-state index in [0.29, 0.717) is 12.7 Å². The summed E-state index contributed by atoms with van der Waals surface area (Å²) in [5, 5.41) is 3.50. The fourth-order valence-corrected chi connectivity index (χ4v) is 3.11. The quantitative estimate of drug-likeness (QED) is 0.817. The van der Waals surface area contributed by atoms with Crippen molar-refractivity contribution in [1.82, 2.24) is 5.32 Å². The first kappa shape index (κ1) is 14.2. The Bertz CT molecular complexity index is 411. The van der Waals surface area contributed by atoms with Crippen LogP contribution in [0.3, 0.4) is 0 Å². The van der Waals surface area contributed by atoms with E-state index in [1.165, 1.54) is 50.5 Å². The smallest absolute Gasteiger partial charge is 0.129 e. The van der Waals surface area contributed by atoms with Gasteiger partial charge in [0.25, 0.3) is 0 Å². The average Bonchev–Trinajstić information content (AvgIpc) is 3.21. The molecule has 3 heteroatoms. The summed E-state index contributed by atoms with van der Waals surface area (Å²) in [4.78, 5) is 0. The Labute approximate surface area is 122 Å². The molecule has 0 bridgehead atoms. The van der Waals surface area contributed by atoms with Gasteiger partial charge in [0.1, 0.15) is 12.4 Å². The monoisotopic (exact) mass is 277 g/mol. The van der Waals surface area contributed by atoms with Crippen LogP contribution in [-0.4, -0.2) is 12.1 Å². The van der Waals surface area contributed by atoms with E-state index in [1.54, 1.807) is 0 Å². The Morgan fingerprint density at radius 3 is 3.00 bits per heavy atom. The molecule has 0 saturated heterocycles. The predicted molar refractivity (Wildman–Crippen MR) is 79.4 cm³/mol. The molecule has 3 nitrogen and oxygen atoms in total. The summed E-state index contributed by atoms with van der Waals surface area (Å²) in [6, 6.07) is 2.88. The predicted octanol–water partition coefficient (Wildman–Crippen LogP) is 4.02. The second-order valence-corrected chi connectivity index (χ2v) is 6.45. The molecule has 3 rings (SSSR count). The molecule has 2 aliphatic carbocycles. The Balaban J connectivity index is 1.40. The molecular weight excluding hydrogens is 250 g/mol. The van der Waals surface area contributed by atoms with Gasteiger partial charge in [0, 0.05) is 18.2 Å². The summed E-state index contributed by atoms with van der Waals surface area (Å²) in [5.74, 6) is 1.83. The van der Waals surface area contributed by atoms with Crippen molar-refractivity contribution in [3.63, 3.8) is 0 Å². The SMILES string of the molecule is CCC1CCCC(OCc2cc(CNC3CC3)co2)C1. The Morgan fingerprint density at radius 2 is 2.20 bits per heavy atom. The summed E-state index contributed by atoms with van der Waals surface area (Å²) in [7, 11) is 0. The normalized spacial score (nSPS) is 26.9. The zero-order valence-corrected chi connectivity index (χ0v) is 12.6. The van der Waals surface area contributed by atoms with Crippen LogP contribution in [0.25, 0.3) is 0 Å². The maximum atomic E-state index is 6.04. The van der Waals surface area contributed by atoms with Crippen LogP contribution in [0.15, 0.2) is 16.7 Å². The van der Waals surface area contributed by atoms with Crippen molar-refractivity contribution in [3.8, 4) is 0 Å². The van der Waals surface area contributed by atoms with Crippen molar-refractivity contribution >= 4 is 0 Å². The van der Waals surface area contributed by atoms with Gasteiger partial charge in [-0.3, -0.25) is 0 Å². The van der Waals surface area contributed by atoms with Crippen molar-refractivity contribution in [1.29, 1.82) is 0 Å². The molecule has 0 aliphatic heterocycles. The van der Waals surface area contributed by atoms with Gasteiger partial charge in [-0.15, -0.1) is 0 Å². The molecule has 1 aromatic heterocycles. The lowest BCUT2D eigenvalue weighted by Gasteiger charge is -2.28. The minimum Gasteiger partial charge on any atom is -0.467 e. The first-order chi connectivity index (χ1) is 9.83. The molecule has 2 fully saturated rings. The third kappa shape index (κ3) is 4.10. The van der Waals surface area contributed by atoms with Crippen LogP contribution in [0.5, 0.6) is 0 Å². The fraction of sp³-hybridized carbons (Fsp3) is 0.765. The van der Waals surface area contributed by atoms with Gasteiger partial charge >= 0.3 is 0 Å². The first-order valence-electron chi connectivity index (χ1n) is 8.24. The molecule has 112 valence electrons. The number of ether oxygens (including phenoxy) is 1. The molecule has 0 amide bonds. The third-order valence-electron chi connectivity index (χ3n) is 4.65. The number of rotatable bonds is 7. The van der Waals surface area contributed by atoms with Gasteiger partial charge in [-0.05, 0) is 37.7 Å². The van der Waals surface area contributed by atoms with E-state index in [0.717, 1.165) is 24.3 Å². The second-order valence-electron chi connectivity index (χ2n) is 6.45. The largest absolute Gasteiger partial charge is 0.467 e. The molecule has 0 spiro atoms. The summed E-state index contributed by atoms with van der Waals surface area (Å²) in [5.41, 5.74) is 1.24. The van der Waals surface area contributed by atoms with Gasteiger partial charge in [-0.2, -0.15) is 0 Å². The number of furan rings is 1. The van der Waals surface area contributed by atoms with Crippen LogP contribution < -0.4 is 5.32 Å². The van der Waals surface area contributed by atoms with E-state index in [9.17, 15) is 0 Å². The molecule has 2 unspecified atom stereocenters. The van der Waals surface area contributed by atoms with E-state index in [1.807, 2.05) is 6.26 Å². The second kappa shape index (κ2) is 6.77. The molecule has 0 aromatic carbocycles. The van der Waals surface area contributed by atoms with Crippen LogP contribution in [-0.2, 0) is 17.9 Å². The van der Waals surface area contributed by atoms with Crippen LogP contribution in [0.1, 0.15) is 63.2 Å². The minimum atomic E-state index is 0.437. The Kier molecular flexibility index (Phi) is 4.79. The van der Waals surface area contributed by atoms with Gasteiger partial charge < -0.3 is 14.5 Å². The zero-order chi connectivity index (χ0) is 13.8. The maximum Gasteiger partial charge on any atom is 0.129 e. The van der Waals surface area contributed by atoms with Crippen LogP contribution in [0.2, 0.25) is 0 Å². The number of hydrogen-bond acceptors (Lipinski definition) is 3. The maximum absolute atomic E-state index is 6.04. The van der Waals surface area contributed by atoms with Crippen molar-refractivity contribution < 1.29 is 9.15 Å². The molecule has 1 aromatic rings. The first-order valence-corrected chi connectivity index (χ1v) is 8.24. The van der Waals surface area contributed by atoms with Crippen molar-refractivity contribution in [2.45, 2.75) is 77.2 Å². The van der Waals surface area contributed by atoms with Gasteiger partial charge in [-0.1, -0.05) is 26.2 Å². The van der Waals surface area contributed by atoms with Crippen LogP contribution >= 0.6 is 0 Å². The van der Waals surface area contributed by atoms with Crippen molar-refractivity contribution in [2.24, 2.45) is 5.92 Å². The van der Waals surface area contributed by atoms with E-state index in [-0.39, 0.29) is 0 Å². The molecular formula is C17H27NO2. The van der Waals surface area contributed by atoms with E-state index in [2.05, 4.69) is 18.3 Å². The summed E-state index contributed by atoms with van der Waals surface area (Å²) in [6.07, 6.45) is 11.4. The van der Waals surface area contributed by atoms with Crippen LogP contribution in [0.4, 0.5) is 0 Å². The standard InChI is InChI=1S/C17H27NO2/c1-2-13-4-3-5-16(8-13)20-12-17-9-14(11-19-17)10-18-15-6-7-15/h9,11,13,15-16,18H,2-8,10,12H2,1H3. The minimum absolute atomic E-state index is 0.437. The van der Waals surface area contributed by atoms with Crippen LogP contribution in [0, 0.1) is 5.92 Å². The van der Waals surface area contributed by atoms with Crippen molar-refractivity contribution in [3.05, 3.63) is 23.7 Å². The highest BCUT2D eigenvalue weighted by Crippen LogP contribution is 2.29. The lowest BCUT2D eigenvalue weighted by atomic mass is 9.85. The zero-order valence-electron chi connectivity index (χ0n) is 12.6. The third-order valence-corrected chi connectivity index (χ3v) is 4.65. The molecule has 1 N–H and O–H groups in total. The Morgan fingerprint density at radius 1 is 1.30 bits per heavy atom. The van der Waals surface area contributed by atoms with Gasteiger partial charge in [-0.25, -0.2) is 0 Å². The highest BCUT2D eigenvalue weighted by atomic mass is 16.5. The lowest BCUT2D eigenvalue weighted by Crippen LogP contribution is -2.22. The molecule has 1 heterocycles. The lowest BCUT2D eigenvalue weighted by molar-refractivity contribution is -0.00533. The number of hydrogen-bond donors (Lipinski definition) is 1. The number of nitrogens with one attached hydrogen (secondary N) is 1. The molecule has 2 saturated carbocycles. The van der Waals surface area contributed by atoms with Gasteiger partial charge in [0.15, 0.2) is 0 Å². The summed E-state index contributed by atoms with van der Waals surface area (Å²) in [6.45, 7) is 3.85. The molecule has 2 aliphatic rings. The highest BCUT2D eigenvalue weighted by molar-refractivity contribution is 5.12. The molecule has 2 atom stereocenters. The summed E-state index contributed by atoms with van der Waals surface area (Å²) < 4.78 is 11.6. The molecule has 0 radical (unpaired) electrons. The van der Waals surface area contributed by atoms with E-state index >= 15 is 0 Å². The summed E-state index contributed by atoms with van der Waals surface area (Å²) >= 11 is 0. The Hall–Kier alpha value is -0.800. The van der Waals surface area contributed by atoms with Crippen molar-refractivity contribution in [2.75, 3.05) is 0 Å². The van der Waals surface area contributed by atoms with E-state index in [4.69, 9.17) is 9.15 Å². The topological polar surface area (TPSA) is 34.4 Å². The van der Waals surface area contributed by atoms with Gasteiger partial charge in [0.05, 0.1) is 12.4 Å². The molecule has 20 heavy (non-hydrogen) atoms. The van der Waals surface area contributed by atoms with Gasteiger partial charge in [0.2, 0.25) is 0 Å². The highest BCUT2D eigenvalue weighted by Gasteiger charge is 2.22.